The van der Waals surface area contributed by atoms with E-state index in [-0.39, 0.29) is 5.91 Å². The molecule has 2 N–H and O–H groups in total. The Kier molecular flexibility index (Phi) is 5.86. The van der Waals surface area contributed by atoms with Crippen molar-refractivity contribution in [3.05, 3.63) is 34.4 Å². The largest absolute Gasteiger partial charge is 0.355 e. The quantitative estimate of drug-likeness (QED) is 0.810. The lowest BCUT2D eigenvalue weighted by atomic mass is 10.00. The molecule has 3 heteroatoms. The third-order valence-electron chi connectivity index (χ3n) is 3.00. The van der Waals surface area contributed by atoms with E-state index in [0.717, 1.165) is 19.5 Å². The van der Waals surface area contributed by atoms with Crippen LogP contribution in [0.1, 0.15) is 35.6 Å². The van der Waals surface area contributed by atoms with Crippen LogP contribution in [0.25, 0.3) is 0 Å². The van der Waals surface area contributed by atoms with Gasteiger partial charge in [-0.25, -0.2) is 0 Å². The second-order valence-electron chi connectivity index (χ2n) is 4.83. The average Bonchev–Trinajstić information content (AvgIpc) is 2.29. The summed E-state index contributed by atoms with van der Waals surface area (Å²) >= 11 is 0. The number of rotatable bonds is 6. The number of nitrogens with one attached hydrogen (secondary N) is 2. The van der Waals surface area contributed by atoms with Crippen LogP contribution in [-0.2, 0) is 11.3 Å². The first-order valence-electron chi connectivity index (χ1n) is 6.58. The molecule has 0 heterocycles. The van der Waals surface area contributed by atoms with Crippen LogP contribution in [0.15, 0.2) is 12.1 Å². The van der Waals surface area contributed by atoms with E-state index in [2.05, 4.69) is 43.5 Å². The van der Waals surface area contributed by atoms with E-state index >= 15 is 0 Å². The second-order valence-corrected chi connectivity index (χ2v) is 4.83. The van der Waals surface area contributed by atoms with Crippen LogP contribution in [0.5, 0.6) is 0 Å². The molecular weight excluding hydrogens is 224 g/mol. The Morgan fingerprint density at radius 1 is 1.17 bits per heavy atom. The summed E-state index contributed by atoms with van der Waals surface area (Å²) in [4.78, 5) is 11.4. The van der Waals surface area contributed by atoms with Crippen molar-refractivity contribution in [2.24, 2.45) is 0 Å². The molecule has 0 spiro atoms. The molecule has 1 aromatic rings. The van der Waals surface area contributed by atoms with Gasteiger partial charge in [0, 0.05) is 13.1 Å². The monoisotopic (exact) mass is 248 g/mol. The first kappa shape index (κ1) is 14.7. The van der Waals surface area contributed by atoms with Gasteiger partial charge in [0.05, 0.1) is 6.54 Å². The Labute approximate surface area is 110 Å². The van der Waals surface area contributed by atoms with Crippen LogP contribution in [0, 0.1) is 20.8 Å². The minimum absolute atomic E-state index is 0.0688. The molecule has 0 atom stereocenters. The lowest BCUT2D eigenvalue weighted by Crippen LogP contribution is -2.34. The van der Waals surface area contributed by atoms with Crippen LogP contribution in [0.3, 0.4) is 0 Å². The van der Waals surface area contributed by atoms with Crippen molar-refractivity contribution >= 4 is 5.91 Å². The smallest absolute Gasteiger partial charge is 0.233 e. The predicted molar refractivity (Wildman–Crippen MR) is 75.7 cm³/mol. The van der Waals surface area contributed by atoms with Crippen LogP contribution in [0.2, 0.25) is 0 Å². The predicted octanol–water partition coefficient (Wildman–Crippen LogP) is 2.23. The van der Waals surface area contributed by atoms with Crippen molar-refractivity contribution in [3.8, 4) is 0 Å². The second kappa shape index (κ2) is 7.17. The van der Waals surface area contributed by atoms with Gasteiger partial charge in [-0.05, 0) is 43.9 Å². The van der Waals surface area contributed by atoms with E-state index in [1.165, 1.54) is 22.3 Å². The molecule has 0 aromatic heterocycles. The highest BCUT2D eigenvalue weighted by molar-refractivity contribution is 5.77. The Morgan fingerprint density at radius 3 is 2.33 bits per heavy atom. The van der Waals surface area contributed by atoms with Gasteiger partial charge in [0.1, 0.15) is 0 Å². The molecule has 1 rings (SSSR count). The highest BCUT2D eigenvalue weighted by atomic mass is 16.1. The Hall–Kier alpha value is -1.35. The molecule has 0 radical (unpaired) electrons. The van der Waals surface area contributed by atoms with Crippen LogP contribution in [-0.4, -0.2) is 19.0 Å². The van der Waals surface area contributed by atoms with Crippen molar-refractivity contribution < 1.29 is 4.79 Å². The number of carbonyl (C=O) groups is 1. The summed E-state index contributed by atoms with van der Waals surface area (Å²) < 4.78 is 0. The highest BCUT2D eigenvalue weighted by Gasteiger charge is 2.05. The summed E-state index contributed by atoms with van der Waals surface area (Å²) in [7, 11) is 0. The zero-order valence-corrected chi connectivity index (χ0v) is 11.9. The van der Waals surface area contributed by atoms with Gasteiger partial charge in [-0.3, -0.25) is 4.79 Å². The molecule has 0 bridgehead atoms. The van der Waals surface area contributed by atoms with Gasteiger partial charge in [0.25, 0.3) is 0 Å². The molecule has 1 aromatic carbocycles. The standard InChI is InChI=1S/C15H24N2O/c1-5-6-17-15(18)10-16-9-14-12(3)7-11(2)8-13(14)4/h7-8,16H,5-6,9-10H2,1-4H3,(H,17,18). The number of carbonyl (C=O) groups excluding carboxylic acids is 1. The third kappa shape index (κ3) is 4.49. The highest BCUT2D eigenvalue weighted by Crippen LogP contribution is 2.15. The van der Waals surface area contributed by atoms with Crippen molar-refractivity contribution in [2.75, 3.05) is 13.1 Å². The molecule has 0 saturated carbocycles. The molecular formula is C15H24N2O. The lowest BCUT2D eigenvalue weighted by molar-refractivity contribution is -0.120. The zero-order chi connectivity index (χ0) is 13.5. The maximum Gasteiger partial charge on any atom is 0.233 e. The van der Waals surface area contributed by atoms with Crippen LogP contribution >= 0.6 is 0 Å². The molecule has 18 heavy (non-hydrogen) atoms. The topological polar surface area (TPSA) is 41.1 Å². The molecule has 3 nitrogen and oxygen atoms in total. The summed E-state index contributed by atoms with van der Waals surface area (Å²) in [5.41, 5.74) is 5.15. The fourth-order valence-corrected chi connectivity index (χ4v) is 2.12. The molecule has 1 amide bonds. The van der Waals surface area contributed by atoms with Crippen molar-refractivity contribution in [1.29, 1.82) is 0 Å². The molecule has 0 aliphatic heterocycles. The van der Waals surface area contributed by atoms with Gasteiger partial charge >= 0.3 is 0 Å². The third-order valence-corrected chi connectivity index (χ3v) is 3.00. The number of hydrogen-bond acceptors (Lipinski definition) is 2. The Balaban J connectivity index is 2.47. The number of hydrogen-bond donors (Lipinski definition) is 2. The van der Waals surface area contributed by atoms with Crippen molar-refractivity contribution in [2.45, 2.75) is 40.7 Å². The van der Waals surface area contributed by atoms with Gasteiger partial charge in [0.15, 0.2) is 0 Å². The molecule has 100 valence electrons. The van der Waals surface area contributed by atoms with Gasteiger partial charge < -0.3 is 10.6 Å². The normalized spacial score (nSPS) is 10.4. The molecule has 0 aliphatic carbocycles. The Morgan fingerprint density at radius 2 is 1.78 bits per heavy atom. The minimum Gasteiger partial charge on any atom is -0.355 e. The molecule has 0 unspecified atom stereocenters. The SMILES string of the molecule is CCCNC(=O)CNCc1c(C)cc(C)cc1C. The first-order valence-corrected chi connectivity index (χ1v) is 6.58. The number of amides is 1. The van der Waals surface area contributed by atoms with E-state index in [4.69, 9.17) is 0 Å². The summed E-state index contributed by atoms with van der Waals surface area (Å²) in [6.45, 7) is 10.3. The van der Waals surface area contributed by atoms with Gasteiger partial charge in [-0.1, -0.05) is 24.6 Å². The lowest BCUT2D eigenvalue weighted by Gasteiger charge is -2.12. The summed E-state index contributed by atoms with van der Waals surface area (Å²) in [5.74, 6) is 0.0688. The molecule has 0 saturated heterocycles. The van der Waals surface area contributed by atoms with Gasteiger partial charge in [0.2, 0.25) is 5.91 Å². The maximum absolute atomic E-state index is 11.4. The first-order chi connectivity index (χ1) is 8.54. The number of benzene rings is 1. The summed E-state index contributed by atoms with van der Waals surface area (Å²) in [5, 5.41) is 6.05. The van der Waals surface area contributed by atoms with Crippen molar-refractivity contribution in [3.63, 3.8) is 0 Å². The number of aryl methyl sites for hydroxylation is 3. The fraction of sp³-hybridized carbons (Fsp3) is 0.533. The zero-order valence-electron chi connectivity index (χ0n) is 11.9. The van der Waals surface area contributed by atoms with Crippen LogP contribution < -0.4 is 10.6 Å². The summed E-state index contributed by atoms with van der Waals surface area (Å²) in [6, 6.07) is 4.36. The minimum atomic E-state index is 0.0688. The van der Waals surface area contributed by atoms with E-state index < -0.39 is 0 Å². The maximum atomic E-state index is 11.4. The Bertz CT molecular complexity index is 390. The van der Waals surface area contributed by atoms with E-state index in [1.807, 2.05) is 6.92 Å². The molecule has 0 aliphatic rings. The van der Waals surface area contributed by atoms with Gasteiger partial charge in [-0.2, -0.15) is 0 Å². The van der Waals surface area contributed by atoms with E-state index in [9.17, 15) is 4.79 Å². The van der Waals surface area contributed by atoms with Crippen molar-refractivity contribution in [1.82, 2.24) is 10.6 Å². The van der Waals surface area contributed by atoms with Crippen LogP contribution in [0.4, 0.5) is 0 Å². The summed E-state index contributed by atoms with van der Waals surface area (Å²) in [6.07, 6.45) is 0.974. The average molecular weight is 248 g/mol. The molecule has 0 fully saturated rings. The fourth-order valence-electron chi connectivity index (χ4n) is 2.12. The van der Waals surface area contributed by atoms with E-state index in [1.54, 1.807) is 0 Å². The van der Waals surface area contributed by atoms with Gasteiger partial charge in [-0.15, -0.1) is 0 Å². The van der Waals surface area contributed by atoms with E-state index in [0.29, 0.717) is 6.54 Å².